The molecular weight excluding hydrogens is 134 g/mol. The number of hydrogen-bond acceptors (Lipinski definition) is 1. The van der Waals surface area contributed by atoms with E-state index in [0.29, 0.717) is 0 Å². The highest BCUT2D eigenvalue weighted by Gasteiger charge is 2.28. The molecule has 1 rings (SSSR count). The second-order valence-electron chi connectivity index (χ2n) is 3.69. The van der Waals surface area contributed by atoms with E-state index in [1.165, 1.54) is 32.5 Å². The first kappa shape index (κ1) is 9.05. The third kappa shape index (κ3) is 1.96. The molecule has 0 saturated carbocycles. The van der Waals surface area contributed by atoms with E-state index in [2.05, 4.69) is 25.7 Å². The third-order valence-corrected chi connectivity index (χ3v) is 3.15. The lowest BCUT2D eigenvalue weighted by Gasteiger charge is -2.12. The molecule has 1 fully saturated rings. The van der Waals surface area contributed by atoms with Gasteiger partial charge < -0.3 is 4.90 Å². The zero-order valence-corrected chi connectivity index (χ0v) is 8.14. The minimum Gasteiger partial charge on any atom is -0.303 e. The van der Waals surface area contributed by atoms with Crippen molar-refractivity contribution in [1.82, 2.24) is 4.90 Å². The fraction of sp³-hybridized carbons (Fsp3) is 1.00. The molecule has 1 saturated heterocycles. The van der Waals surface area contributed by atoms with Crippen LogP contribution in [0.4, 0.5) is 0 Å². The number of nitrogens with zero attached hydrogens (tertiary/aromatic N) is 1. The van der Waals surface area contributed by atoms with Gasteiger partial charge in [-0.15, -0.1) is 0 Å². The average Bonchev–Trinajstić information content (AvgIpc) is 2.46. The summed E-state index contributed by atoms with van der Waals surface area (Å²) < 4.78 is 0. The molecule has 11 heavy (non-hydrogen) atoms. The molecule has 0 aromatic rings. The molecule has 0 aromatic carbocycles. The van der Waals surface area contributed by atoms with Gasteiger partial charge in [-0.2, -0.15) is 0 Å². The zero-order valence-electron chi connectivity index (χ0n) is 8.14. The molecule has 0 radical (unpaired) electrons. The Morgan fingerprint density at radius 1 is 1.00 bits per heavy atom. The van der Waals surface area contributed by atoms with Crippen LogP contribution in [0.1, 0.15) is 33.6 Å². The molecule has 2 atom stereocenters. The second-order valence-corrected chi connectivity index (χ2v) is 3.69. The molecule has 0 N–H and O–H groups in total. The van der Waals surface area contributed by atoms with E-state index in [-0.39, 0.29) is 0 Å². The van der Waals surface area contributed by atoms with Crippen molar-refractivity contribution in [3.05, 3.63) is 0 Å². The zero-order chi connectivity index (χ0) is 8.27. The Kier molecular flexibility index (Phi) is 3.38. The summed E-state index contributed by atoms with van der Waals surface area (Å²) in [7, 11) is 0. The van der Waals surface area contributed by atoms with Crippen molar-refractivity contribution in [3.8, 4) is 0 Å². The monoisotopic (exact) mass is 155 g/mol. The first-order valence-electron chi connectivity index (χ1n) is 5.04. The Labute approximate surface area is 70.8 Å². The van der Waals surface area contributed by atoms with Gasteiger partial charge in [0.2, 0.25) is 0 Å². The van der Waals surface area contributed by atoms with Crippen molar-refractivity contribution in [1.29, 1.82) is 0 Å². The summed E-state index contributed by atoms with van der Waals surface area (Å²) in [5, 5.41) is 0. The van der Waals surface area contributed by atoms with E-state index in [1.54, 1.807) is 0 Å². The summed E-state index contributed by atoms with van der Waals surface area (Å²) in [6.45, 7) is 10.9. The van der Waals surface area contributed by atoms with Gasteiger partial charge in [-0.05, 0) is 18.4 Å². The molecule has 0 bridgehead atoms. The topological polar surface area (TPSA) is 3.24 Å². The Hall–Kier alpha value is -0.0400. The highest BCUT2D eigenvalue weighted by atomic mass is 15.1. The van der Waals surface area contributed by atoms with Crippen molar-refractivity contribution < 1.29 is 0 Å². The van der Waals surface area contributed by atoms with E-state index in [9.17, 15) is 0 Å². The lowest BCUT2D eigenvalue weighted by Crippen LogP contribution is -2.19. The van der Waals surface area contributed by atoms with Crippen LogP contribution in [0.2, 0.25) is 0 Å². The fourth-order valence-corrected chi connectivity index (χ4v) is 2.22. The van der Waals surface area contributed by atoms with E-state index < -0.39 is 0 Å². The largest absolute Gasteiger partial charge is 0.303 e. The Morgan fingerprint density at radius 3 is 1.73 bits per heavy atom. The fourth-order valence-electron chi connectivity index (χ4n) is 2.22. The van der Waals surface area contributed by atoms with Crippen LogP contribution < -0.4 is 0 Å². The summed E-state index contributed by atoms with van der Waals surface area (Å²) in [6, 6.07) is 0. The van der Waals surface area contributed by atoms with Gasteiger partial charge in [0, 0.05) is 13.1 Å². The van der Waals surface area contributed by atoms with Crippen LogP contribution in [-0.2, 0) is 0 Å². The van der Waals surface area contributed by atoms with Gasteiger partial charge in [-0.1, -0.05) is 33.6 Å². The molecule has 0 amide bonds. The van der Waals surface area contributed by atoms with E-state index in [0.717, 1.165) is 11.8 Å². The van der Waals surface area contributed by atoms with Crippen molar-refractivity contribution in [2.45, 2.75) is 33.6 Å². The minimum absolute atomic E-state index is 0.986. The van der Waals surface area contributed by atoms with Gasteiger partial charge in [0.05, 0.1) is 0 Å². The SMILES string of the molecule is CCC1CN(CC)CC1CC. The maximum absolute atomic E-state index is 2.59. The first-order chi connectivity index (χ1) is 5.31. The minimum atomic E-state index is 0.986. The summed E-state index contributed by atoms with van der Waals surface area (Å²) in [5.74, 6) is 1.97. The first-order valence-corrected chi connectivity index (χ1v) is 5.04. The molecule has 1 nitrogen and oxygen atoms in total. The lowest BCUT2D eigenvalue weighted by molar-refractivity contribution is 0.337. The standard InChI is InChI=1S/C10H21N/c1-4-9-7-11(6-3)8-10(9)5-2/h9-10H,4-8H2,1-3H3. The van der Waals surface area contributed by atoms with Crippen LogP contribution in [0.25, 0.3) is 0 Å². The smallest absolute Gasteiger partial charge is 0.00127 e. The van der Waals surface area contributed by atoms with Gasteiger partial charge in [0.15, 0.2) is 0 Å². The van der Waals surface area contributed by atoms with Crippen LogP contribution in [-0.4, -0.2) is 24.5 Å². The second kappa shape index (κ2) is 4.10. The van der Waals surface area contributed by atoms with Gasteiger partial charge in [-0.3, -0.25) is 0 Å². The molecule has 2 unspecified atom stereocenters. The van der Waals surface area contributed by atoms with Gasteiger partial charge >= 0.3 is 0 Å². The number of hydrogen-bond donors (Lipinski definition) is 0. The predicted molar refractivity (Wildman–Crippen MR) is 49.7 cm³/mol. The highest BCUT2D eigenvalue weighted by molar-refractivity contribution is 4.81. The maximum atomic E-state index is 2.59. The average molecular weight is 155 g/mol. The van der Waals surface area contributed by atoms with Crippen molar-refractivity contribution in [3.63, 3.8) is 0 Å². The summed E-state index contributed by atoms with van der Waals surface area (Å²) >= 11 is 0. The normalized spacial score (nSPS) is 33.0. The molecule has 1 heterocycles. The Morgan fingerprint density at radius 2 is 1.45 bits per heavy atom. The lowest BCUT2D eigenvalue weighted by atomic mass is 9.92. The Bertz CT molecular complexity index is 99.4. The van der Waals surface area contributed by atoms with Gasteiger partial charge in [0.1, 0.15) is 0 Å². The summed E-state index contributed by atoms with van der Waals surface area (Å²) in [4.78, 5) is 2.59. The Balaban J connectivity index is 2.41. The van der Waals surface area contributed by atoms with Crippen molar-refractivity contribution in [2.24, 2.45) is 11.8 Å². The van der Waals surface area contributed by atoms with E-state index in [1.807, 2.05) is 0 Å². The van der Waals surface area contributed by atoms with Crippen LogP contribution in [0.15, 0.2) is 0 Å². The molecule has 66 valence electrons. The molecule has 1 aliphatic heterocycles. The highest BCUT2D eigenvalue weighted by Crippen LogP contribution is 2.27. The molecular formula is C10H21N. The van der Waals surface area contributed by atoms with Crippen LogP contribution >= 0.6 is 0 Å². The maximum Gasteiger partial charge on any atom is 0.00127 e. The van der Waals surface area contributed by atoms with Crippen LogP contribution in [0, 0.1) is 11.8 Å². The van der Waals surface area contributed by atoms with Crippen LogP contribution in [0.5, 0.6) is 0 Å². The molecule has 0 spiro atoms. The van der Waals surface area contributed by atoms with E-state index >= 15 is 0 Å². The van der Waals surface area contributed by atoms with Crippen LogP contribution in [0.3, 0.4) is 0 Å². The summed E-state index contributed by atoms with van der Waals surface area (Å²) in [5.41, 5.74) is 0. The van der Waals surface area contributed by atoms with E-state index in [4.69, 9.17) is 0 Å². The van der Waals surface area contributed by atoms with Crippen molar-refractivity contribution >= 4 is 0 Å². The molecule has 1 aliphatic rings. The number of likely N-dealkylation sites (tertiary alicyclic amines) is 1. The van der Waals surface area contributed by atoms with Gasteiger partial charge in [-0.25, -0.2) is 0 Å². The molecule has 0 aliphatic carbocycles. The summed E-state index contributed by atoms with van der Waals surface area (Å²) in [6.07, 6.45) is 2.74. The molecule has 1 heteroatoms. The third-order valence-electron chi connectivity index (χ3n) is 3.15. The van der Waals surface area contributed by atoms with Gasteiger partial charge in [0.25, 0.3) is 0 Å². The van der Waals surface area contributed by atoms with Crippen molar-refractivity contribution in [2.75, 3.05) is 19.6 Å². The number of rotatable bonds is 3. The predicted octanol–water partition coefficient (Wildman–Crippen LogP) is 2.37. The quantitative estimate of drug-likeness (QED) is 0.605. The molecule has 0 aromatic heterocycles.